The van der Waals surface area contributed by atoms with Crippen molar-refractivity contribution in [2.24, 2.45) is 0 Å². The minimum atomic E-state index is -3.92. The Bertz CT molecular complexity index is 838. The average molecular weight is 339 g/mol. The fourth-order valence-corrected chi connectivity index (χ4v) is 3.36. The molecule has 2 aromatic carbocycles. The minimum Gasteiger partial charge on any atom is -0.495 e. The summed E-state index contributed by atoms with van der Waals surface area (Å²) >= 11 is 0. The molecule has 1 aliphatic rings. The van der Waals surface area contributed by atoms with Gasteiger partial charge in [0.2, 0.25) is 16.8 Å². The van der Waals surface area contributed by atoms with Crippen LogP contribution in [0.25, 0.3) is 0 Å². The van der Waals surface area contributed by atoms with E-state index in [-0.39, 0.29) is 24.0 Å². The number of hydrogen-bond acceptors (Lipinski definition) is 5. The number of hydrogen-bond donors (Lipinski definition) is 1. The Labute approximate surface area is 132 Å². The second kappa shape index (κ2) is 6.05. The lowest BCUT2D eigenvalue weighted by Crippen LogP contribution is -2.24. The zero-order chi connectivity index (χ0) is 16.4. The van der Waals surface area contributed by atoms with Crippen LogP contribution in [0.3, 0.4) is 0 Å². The molecule has 3 rings (SSSR count). The highest BCUT2D eigenvalue weighted by Crippen LogP contribution is 2.32. The molecule has 0 saturated carbocycles. The van der Waals surface area contributed by atoms with Gasteiger partial charge in [0, 0.05) is 6.54 Å². The summed E-state index contributed by atoms with van der Waals surface area (Å²) in [6.45, 7) is 0.170. The highest BCUT2D eigenvalue weighted by Gasteiger charge is 2.21. The predicted molar refractivity (Wildman–Crippen MR) is 79.5 cm³/mol. The topological polar surface area (TPSA) is 73.9 Å². The molecule has 8 heteroatoms. The van der Waals surface area contributed by atoms with Gasteiger partial charge in [-0.05, 0) is 35.9 Å². The van der Waals surface area contributed by atoms with Crippen LogP contribution in [0.1, 0.15) is 5.56 Å². The van der Waals surface area contributed by atoms with Crippen LogP contribution < -0.4 is 18.9 Å². The first-order chi connectivity index (χ1) is 11.0. The second-order valence-electron chi connectivity index (χ2n) is 4.81. The van der Waals surface area contributed by atoms with Crippen molar-refractivity contribution in [2.75, 3.05) is 13.9 Å². The molecule has 0 amide bonds. The van der Waals surface area contributed by atoms with Crippen LogP contribution in [-0.4, -0.2) is 22.3 Å². The smallest absolute Gasteiger partial charge is 0.244 e. The normalized spacial score (nSPS) is 13.1. The first-order valence-electron chi connectivity index (χ1n) is 6.71. The maximum Gasteiger partial charge on any atom is 0.244 e. The molecule has 0 atom stereocenters. The molecule has 23 heavy (non-hydrogen) atoms. The summed E-state index contributed by atoms with van der Waals surface area (Å²) in [6.07, 6.45) is 0. The molecule has 0 saturated heterocycles. The van der Waals surface area contributed by atoms with E-state index >= 15 is 0 Å². The largest absolute Gasteiger partial charge is 0.495 e. The Morgan fingerprint density at radius 3 is 2.74 bits per heavy atom. The van der Waals surface area contributed by atoms with Crippen LogP contribution >= 0.6 is 0 Å². The van der Waals surface area contributed by atoms with Crippen molar-refractivity contribution in [3.05, 3.63) is 47.8 Å². The standard InChI is InChI=1S/C15H14FNO5S/c1-20-13-5-3-11(16)7-15(13)23(18,19)17-8-10-2-4-12-14(6-10)22-9-21-12/h2-7,17H,8-9H2,1H3. The van der Waals surface area contributed by atoms with Gasteiger partial charge >= 0.3 is 0 Å². The Morgan fingerprint density at radius 1 is 1.17 bits per heavy atom. The van der Waals surface area contributed by atoms with Crippen LogP contribution in [-0.2, 0) is 16.6 Å². The van der Waals surface area contributed by atoms with E-state index in [9.17, 15) is 12.8 Å². The zero-order valence-corrected chi connectivity index (χ0v) is 13.0. The Kier molecular flexibility index (Phi) is 4.10. The third kappa shape index (κ3) is 3.22. The first kappa shape index (κ1) is 15.6. The van der Waals surface area contributed by atoms with E-state index in [2.05, 4.69) is 4.72 Å². The number of nitrogens with one attached hydrogen (secondary N) is 1. The first-order valence-corrected chi connectivity index (χ1v) is 8.19. The Balaban J connectivity index is 1.80. The summed E-state index contributed by atoms with van der Waals surface area (Å²) in [6, 6.07) is 8.43. The predicted octanol–water partition coefficient (Wildman–Crippen LogP) is 2.04. The molecule has 0 aromatic heterocycles. The van der Waals surface area contributed by atoms with Crippen molar-refractivity contribution in [1.29, 1.82) is 0 Å². The SMILES string of the molecule is COc1ccc(F)cc1S(=O)(=O)NCc1ccc2c(c1)OCO2. The van der Waals surface area contributed by atoms with Gasteiger partial charge < -0.3 is 14.2 Å². The molecule has 0 unspecified atom stereocenters. The maximum absolute atomic E-state index is 13.3. The minimum absolute atomic E-state index is 0.0264. The highest BCUT2D eigenvalue weighted by molar-refractivity contribution is 7.89. The van der Waals surface area contributed by atoms with E-state index in [4.69, 9.17) is 14.2 Å². The van der Waals surface area contributed by atoms with Gasteiger partial charge in [-0.1, -0.05) is 6.07 Å². The van der Waals surface area contributed by atoms with Crippen molar-refractivity contribution in [3.8, 4) is 17.2 Å². The lowest BCUT2D eigenvalue weighted by Gasteiger charge is -2.11. The van der Waals surface area contributed by atoms with Gasteiger partial charge in [0.1, 0.15) is 16.5 Å². The van der Waals surface area contributed by atoms with Crippen molar-refractivity contribution in [3.63, 3.8) is 0 Å². The van der Waals surface area contributed by atoms with Crippen LogP contribution in [0, 0.1) is 5.82 Å². The van der Waals surface area contributed by atoms with E-state index in [1.807, 2.05) is 0 Å². The highest BCUT2D eigenvalue weighted by atomic mass is 32.2. The molecule has 6 nitrogen and oxygen atoms in total. The van der Waals surface area contributed by atoms with Crippen molar-refractivity contribution in [2.45, 2.75) is 11.4 Å². The third-order valence-electron chi connectivity index (χ3n) is 3.32. The van der Waals surface area contributed by atoms with Crippen LogP contribution in [0.4, 0.5) is 4.39 Å². The monoisotopic (exact) mass is 339 g/mol. The quantitative estimate of drug-likeness (QED) is 0.902. The molecule has 122 valence electrons. The lowest BCUT2D eigenvalue weighted by atomic mass is 10.2. The van der Waals surface area contributed by atoms with Crippen LogP contribution in [0.2, 0.25) is 0 Å². The third-order valence-corrected chi connectivity index (χ3v) is 4.74. The summed E-state index contributed by atoms with van der Waals surface area (Å²) < 4.78 is 55.9. The molecular formula is C15H14FNO5S. The summed E-state index contributed by atoms with van der Waals surface area (Å²) in [5.74, 6) is 0.590. The van der Waals surface area contributed by atoms with Crippen LogP contribution in [0.15, 0.2) is 41.3 Å². The number of benzene rings is 2. The summed E-state index contributed by atoms with van der Waals surface area (Å²) in [5.41, 5.74) is 0.688. The van der Waals surface area contributed by atoms with Gasteiger partial charge in [-0.2, -0.15) is 0 Å². The molecule has 0 fully saturated rings. The summed E-state index contributed by atoms with van der Waals surface area (Å²) in [7, 11) is -2.60. The van der Waals surface area contributed by atoms with Gasteiger partial charge in [-0.15, -0.1) is 0 Å². The number of methoxy groups -OCH3 is 1. The van der Waals surface area contributed by atoms with E-state index in [0.717, 1.165) is 12.1 Å². The lowest BCUT2D eigenvalue weighted by molar-refractivity contribution is 0.174. The summed E-state index contributed by atoms with van der Waals surface area (Å²) in [5, 5.41) is 0. The van der Waals surface area contributed by atoms with E-state index in [1.165, 1.54) is 13.2 Å². The molecule has 0 radical (unpaired) electrons. The van der Waals surface area contributed by atoms with Crippen molar-refractivity contribution >= 4 is 10.0 Å². The Hall–Kier alpha value is -2.32. The van der Waals surface area contributed by atoms with E-state index in [1.54, 1.807) is 18.2 Å². The van der Waals surface area contributed by atoms with E-state index < -0.39 is 15.8 Å². The molecule has 1 N–H and O–H groups in total. The number of fused-ring (bicyclic) bond motifs is 1. The van der Waals surface area contributed by atoms with Gasteiger partial charge in [-0.25, -0.2) is 17.5 Å². The van der Waals surface area contributed by atoms with Gasteiger partial charge in [0.15, 0.2) is 11.5 Å². The number of ether oxygens (including phenoxy) is 3. The van der Waals surface area contributed by atoms with Crippen molar-refractivity contribution < 1.29 is 27.0 Å². The molecule has 1 heterocycles. The van der Waals surface area contributed by atoms with Crippen LogP contribution in [0.5, 0.6) is 17.2 Å². The molecule has 2 aromatic rings. The van der Waals surface area contributed by atoms with Gasteiger partial charge in [0.25, 0.3) is 0 Å². The second-order valence-corrected chi connectivity index (χ2v) is 6.54. The molecule has 0 spiro atoms. The van der Waals surface area contributed by atoms with Gasteiger partial charge in [0.05, 0.1) is 7.11 Å². The Morgan fingerprint density at radius 2 is 1.96 bits per heavy atom. The maximum atomic E-state index is 13.3. The fraction of sp³-hybridized carbons (Fsp3) is 0.200. The number of sulfonamides is 1. The molecule has 0 bridgehead atoms. The zero-order valence-electron chi connectivity index (χ0n) is 12.2. The van der Waals surface area contributed by atoms with E-state index in [0.29, 0.717) is 17.1 Å². The average Bonchev–Trinajstić information content (AvgIpc) is 3.00. The summed E-state index contributed by atoms with van der Waals surface area (Å²) in [4.78, 5) is -0.249. The fourth-order valence-electron chi connectivity index (χ4n) is 2.17. The molecule has 0 aliphatic carbocycles. The van der Waals surface area contributed by atoms with Gasteiger partial charge in [-0.3, -0.25) is 0 Å². The van der Waals surface area contributed by atoms with Crippen molar-refractivity contribution in [1.82, 2.24) is 4.72 Å². The number of halogens is 1. The molecule has 1 aliphatic heterocycles. The number of rotatable bonds is 5. The molecular weight excluding hydrogens is 325 g/mol.